The van der Waals surface area contributed by atoms with Gasteiger partial charge in [-0.3, -0.25) is 0 Å². The number of fused-ring (bicyclic) bond motifs is 1. The van der Waals surface area contributed by atoms with E-state index in [1.54, 1.807) is 26.8 Å². The van der Waals surface area contributed by atoms with Crippen molar-refractivity contribution in [1.82, 2.24) is 5.32 Å². The Morgan fingerprint density at radius 2 is 1.95 bits per heavy atom. The second-order valence-corrected chi connectivity index (χ2v) is 6.21. The lowest BCUT2D eigenvalue weighted by Crippen LogP contribution is -2.36. The smallest absolute Gasteiger partial charge is 0.407 e. The van der Waals surface area contributed by atoms with Gasteiger partial charge in [-0.15, -0.1) is 0 Å². The lowest BCUT2D eigenvalue weighted by Gasteiger charge is -2.21. The van der Waals surface area contributed by atoms with E-state index < -0.39 is 17.7 Å². The molecule has 0 aliphatic heterocycles. The van der Waals surface area contributed by atoms with Gasteiger partial charge in [-0.25, -0.2) is 4.79 Å². The zero-order valence-electron chi connectivity index (χ0n) is 13.1. The van der Waals surface area contributed by atoms with Gasteiger partial charge in [-0.05, 0) is 37.6 Å². The number of alkyl carbamates (subject to hydrolysis) is 1. The third-order valence-electron chi connectivity index (χ3n) is 3.18. The summed E-state index contributed by atoms with van der Waals surface area (Å²) >= 11 is 0. The first-order chi connectivity index (χ1) is 10.3. The number of hydrogen-bond donors (Lipinski definition) is 3. The van der Waals surface area contributed by atoms with Gasteiger partial charge in [0.2, 0.25) is 0 Å². The molecule has 2 aromatic rings. The maximum Gasteiger partial charge on any atom is 0.407 e. The van der Waals surface area contributed by atoms with Crippen LogP contribution in [0.25, 0.3) is 10.8 Å². The fourth-order valence-electron chi connectivity index (χ4n) is 2.28. The van der Waals surface area contributed by atoms with Crippen LogP contribution in [-0.2, 0) is 4.74 Å². The first-order valence-corrected chi connectivity index (χ1v) is 7.21. The monoisotopic (exact) mass is 302 g/mol. The number of nitrogens with two attached hydrogens (primary N) is 1. The number of phenolic OH excluding ortho intramolecular Hbond substituents is 1. The van der Waals surface area contributed by atoms with Crippen molar-refractivity contribution in [3.63, 3.8) is 0 Å². The normalized spacial score (nSPS) is 12.9. The minimum atomic E-state index is -0.560. The number of phenols is 1. The summed E-state index contributed by atoms with van der Waals surface area (Å²) in [5.41, 5.74) is 6.20. The van der Waals surface area contributed by atoms with Crippen LogP contribution in [0.2, 0.25) is 0 Å². The Bertz CT molecular complexity index is 677. The van der Waals surface area contributed by atoms with Crippen LogP contribution < -0.4 is 11.1 Å². The van der Waals surface area contributed by atoms with Crippen molar-refractivity contribution in [3.05, 3.63) is 42.0 Å². The van der Waals surface area contributed by atoms with Crippen LogP contribution in [0.5, 0.6) is 5.75 Å². The Morgan fingerprint density at radius 3 is 2.64 bits per heavy atom. The Hall–Kier alpha value is -2.27. The highest BCUT2D eigenvalue weighted by atomic mass is 16.6. The summed E-state index contributed by atoms with van der Waals surface area (Å²) in [4.78, 5) is 11.7. The van der Waals surface area contributed by atoms with Crippen LogP contribution in [0.3, 0.4) is 0 Å². The third-order valence-corrected chi connectivity index (χ3v) is 3.18. The molecule has 0 radical (unpaired) electrons. The molecule has 118 valence electrons. The molecule has 0 bridgehead atoms. The lowest BCUT2D eigenvalue weighted by atomic mass is 9.98. The van der Waals surface area contributed by atoms with Gasteiger partial charge in [0.05, 0.1) is 6.04 Å². The number of rotatable bonds is 3. The van der Waals surface area contributed by atoms with Crippen molar-refractivity contribution >= 4 is 16.9 Å². The molecule has 0 saturated carbocycles. The molecule has 1 atom stereocenters. The summed E-state index contributed by atoms with van der Waals surface area (Å²) in [6.07, 6.45) is -0.525. The molecule has 0 heterocycles. The van der Waals surface area contributed by atoms with Crippen LogP contribution in [0.15, 0.2) is 36.4 Å². The van der Waals surface area contributed by atoms with Crippen LogP contribution in [0.1, 0.15) is 32.4 Å². The second-order valence-electron chi connectivity index (χ2n) is 6.21. The van der Waals surface area contributed by atoms with Gasteiger partial charge >= 0.3 is 6.09 Å². The first kappa shape index (κ1) is 16.1. The quantitative estimate of drug-likeness (QED) is 0.813. The van der Waals surface area contributed by atoms with Crippen molar-refractivity contribution in [2.75, 3.05) is 6.54 Å². The summed E-state index contributed by atoms with van der Waals surface area (Å²) < 4.78 is 5.17. The minimum Gasteiger partial charge on any atom is -0.508 e. The highest BCUT2D eigenvalue weighted by Crippen LogP contribution is 2.31. The summed E-state index contributed by atoms with van der Waals surface area (Å²) in [6, 6.07) is 10.6. The van der Waals surface area contributed by atoms with Gasteiger partial charge < -0.3 is 20.9 Å². The zero-order valence-corrected chi connectivity index (χ0v) is 13.1. The van der Waals surface area contributed by atoms with Gasteiger partial charge in [0.25, 0.3) is 0 Å². The summed E-state index contributed by atoms with van der Waals surface area (Å²) in [5.74, 6) is 0.122. The van der Waals surface area contributed by atoms with Crippen LogP contribution in [0, 0.1) is 0 Å². The molecule has 5 nitrogen and oxygen atoms in total. The number of nitrogens with one attached hydrogen (secondary N) is 1. The summed E-state index contributed by atoms with van der Waals surface area (Å²) in [6.45, 7) is 5.56. The first-order valence-electron chi connectivity index (χ1n) is 7.21. The molecule has 4 N–H and O–H groups in total. The van der Waals surface area contributed by atoms with E-state index in [4.69, 9.17) is 10.5 Å². The van der Waals surface area contributed by atoms with Gasteiger partial charge in [-0.1, -0.05) is 30.3 Å². The van der Waals surface area contributed by atoms with E-state index in [-0.39, 0.29) is 12.3 Å². The highest BCUT2D eigenvalue weighted by molar-refractivity contribution is 5.88. The summed E-state index contributed by atoms with van der Waals surface area (Å²) in [5, 5.41) is 14.6. The SMILES string of the molecule is CC(C)(C)OC(=O)NCC(N)c1c(O)ccc2ccccc12. The van der Waals surface area contributed by atoms with Gasteiger partial charge in [0, 0.05) is 12.1 Å². The molecule has 2 aromatic carbocycles. The molecule has 0 spiro atoms. The molecule has 0 saturated heterocycles. The molecule has 0 aromatic heterocycles. The number of carbonyl (C=O) groups is 1. The predicted octanol–water partition coefficient (Wildman–Crippen LogP) is 3.07. The number of benzene rings is 2. The highest BCUT2D eigenvalue weighted by Gasteiger charge is 2.19. The topological polar surface area (TPSA) is 84.6 Å². The van der Waals surface area contributed by atoms with E-state index in [9.17, 15) is 9.90 Å². The van der Waals surface area contributed by atoms with Gasteiger partial charge in [0.1, 0.15) is 11.4 Å². The van der Waals surface area contributed by atoms with Crippen molar-refractivity contribution in [3.8, 4) is 5.75 Å². The zero-order chi connectivity index (χ0) is 16.3. The van der Waals surface area contributed by atoms with E-state index in [0.29, 0.717) is 5.56 Å². The average molecular weight is 302 g/mol. The lowest BCUT2D eigenvalue weighted by molar-refractivity contribution is 0.0524. The van der Waals surface area contributed by atoms with E-state index in [1.807, 2.05) is 30.3 Å². The van der Waals surface area contributed by atoms with Crippen molar-refractivity contribution in [2.24, 2.45) is 5.73 Å². The molecule has 22 heavy (non-hydrogen) atoms. The molecule has 1 amide bonds. The number of aromatic hydroxyl groups is 1. The number of ether oxygens (including phenoxy) is 1. The molecular weight excluding hydrogens is 280 g/mol. The molecule has 5 heteroatoms. The Kier molecular flexibility index (Phi) is 4.56. The Balaban J connectivity index is 2.15. The Labute approximate surface area is 130 Å². The number of carbonyl (C=O) groups excluding carboxylic acids is 1. The number of amides is 1. The Morgan fingerprint density at radius 1 is 1.27 bits per heavy atom. The standard InChI is InChI=1S/C17H22N2O3/c1-17(2,3)22-16(21)19-10-13(18)15-12-7-5-4-6-11(12)8-9-14(15)20/h4-9,13,20H,10,18H2,1-3H3,(H,19,21). The maximum absolute atomic E-state index is 11.7. The van der Waals surface area contributed by atoms with Crippen molar-refractivity contribution in [2.45, 2.75) is 32.4 Å². The molecular formula is C17H22N2O3. The summed E-state index contributed by atoms with van der Waals surface area (Å²) in [7, 11) is 0. The largest absolute Gasteiger partial charge is 0.508 e. The van der Waals surface area contributed by atoms with Gasteiger partial charge in [-0.2, -0.15) is 0 Å². The van der Waals surface area contributed by atoms with Crippen molar-refractivity contribution < 1.29 is 14.6 Å². The fraction of sp³-hybridized carbons (Fsp3) is 0.353. The number of hydrogen-bond acceptors (Lipinski definition) is 4. The van der Waals surface area contributed by atoms with E-state index >= 15 is 0 Å². The van der Waals surface area contributed by atoms with E-state index in [1.165, 1.54) is 0 Å². The molecule has 0 fully saturated rings. The van der Waals surface area contributed by atoms with Crippen LogP contribution >= 0.6 is 0 Å². The van der Waals surface area contributed by atoms with E-state index in [2.05, 4.69) is 5.32 Å². The van der Waals surface area contributed by atoms with E-state index in [0.717, 1.165) is 10.8 Å². The molecule has 2 rings (SSSR count). The fourth-order valence-corrected chi connectivity index (χ4v) is 2.28. The van der Waals surface area contributed by atoms with Crippen LogP contribution in [-0.4, -0.2) is 23.3 Å². The predicted molar refractivity (Wildman–Crippen MR) is 86.8 cm³/mol. The molecule has 1 unspecified atom stereocenters. The minimum absolute atomic E-state index is 0.122. The van der Waals surface area contributed by atoms with Crippen molar-refractivity contribution in [1.29, 1.82) is 0 Å². The third kappa shape index (κ3) is 3.89. The molecule has 0 aliphatic rings. The maximum atomic E-state index is 11.7. The second kappa shape index (κ2) is 6.23. The average Bonchev–Trinajstić information content (AvgIpc) is 2.43. The molecule has 0 aliphatic carbocycles. The van der Waals surface area contributed by atoms with Crippen LogP contribution in [0.4, 0.5) is 4.79 Å². The van der Waals surface area contributed by atoms with Gasteiger partial charge in [0.15, 0.2) is 0 Å².